The summed E-state index contributed by atoms with van der Waals surface area (Å²) >= 11 is 1.70. The summed E-state index contributed by atoms with van der Waals surface area (Å²) in [4.78, 5) is 4.15. The van der Waals surface area contributed by atoms with Gasteiger partial charge in [-0.3, -0.25) is 0 Å². The molecule has 6 nitrogen and oxygen atoms in total. The first kappa shape index (κ1) is 14.8. The number of hydrogen-bond donors (Lipinski definition) is 2. The third-order valence-corrected chi connectivity index (χ3v) is 4.02. The second kappa shape index (κ2) is 6.63. The maximum absolute atomic E-state index is 8.67. The van der Waals surface area contributed by atoms with Crippen LogP contribution in [0.2, 0.25) is 0 Å². The number of hydrogen-bond acceptors (Lipinski definition) is 5. The second-order valence-electron chi connectivity index (χ2n) is 4.84. The van der Waals surface area contributed by atoms with Crippen LogP contribution in [0.1, 0.15) is 33.1 Å². The lowest BCUT2D eigenvalue weighted by Crippen LogP contribution is -2.31. The maximum atomic E-state index is 8.67. The Kier molecular flexibility index (Phi) is 5.46. The molecule has 1 rings (SSSR count). The van der Waals surface area contributed by atoms with Crippen molar-refractivity contribution in [2.75, 3.05) is 5.75 Å². The van der Waals surface area contributed by atoms with E-state index in [1.54, 1.807) is 22.8 Å². The number of nitrogens with two attached hydrogens (primary N) is 1. The minimum absolute atomic E-state index is 0.246. The Morgan fingerprint density at radius 2 is 2.28 bits per heavy atom. The molecule has 18 heavy (non-hydrogen) atoms. The van der Waals surface area contributed by atoms with Gasteiger partial charge in [0.1, 0.15) is 12.2 Å². The fourth-order valence-corrected chi connectivity index (χ4v) is 2.40. The number of oxime groups is 1. The van der Waals surface area contributed by atoms with Crippen LogP contribution in [0.25, 0.3) is 0 Å². The van der Waals surface area contributed by atoms with Crippen LogP contribution in [0.3, 0.4) is 0 Å². The first-order valence-corrected chi connectivity index (χ1v) is 6.91. The normalized spacial score (nSPS) is 12.9. The van der Waals surface area contributed by atoms with Crippen LogP contribution in [-0.2, 0) is 7.05 Å². The lowest BCUT2D eigenvalue weighted by molar-refractivity contribution is 0.304. The van der Waals surface area contributed by atoms with Gasteiger partial charge in [0.15, 0.2) is 5.16 Å². The van der Waals surface area contributed by atoms with E-state index in [2.05, 4.69) is 15.2 Å². The summed E-state index contributed by atoms with van der Waals surface area (Å²) in [6, 6.07) is 0. The molecule has 0 bridgehead atoms. The van der Waals surface area contributed by atoms with Crippen LogP contribution in [0, 0.1) is 5.41 Å². The zero-order valence-corrected chi connectivity index (χ0v) is 11.9. The van der Waals surface area contributed by atoms with Gasteiger partial charge in [-0.15, -0.1) is 0 Å². The van der Waals surface area contributed by atoms with E-state index in [-0.39, 0.29) is 5.41 Å². The molecule has 1 heterocycles. The quantitative estimate of drug-likeness (QED) is 0.197. The topological polar surface area (TPSA) is 89.3 Å². The molecular formula is C11H21N5OS. The summed E-state index contributed by atoms with van der Waals surface area (Å²) in [5.74, 6) is 1.29. The molecule has 0 aliphatic heterocycles. The molecule has 1 aromatic rings. The number of aromatic nitrogens is 3. The summed E-state index contributed by atoms with van der Waals surface area (Å²) in [6.45, 7) is 3.97. The summed E-state index contributed by atoms with van der Waals surface area (Å²) in [5, 5.41) is 16.7. The van der Waals surface area contributed by atoms with Crippen molar-refractivity contribution in [3.8, 4) is 0 Å². The van der Waals surface area contributed by atoms with Gasteiger partial charge in [-0.1, -0.05) is 37.2 Å². The van der Waals surface area contributed by atoms with Crippen LogP contribution >= 0.6 is 11.8 Å². The van der Waals surface area contributed by atoms with Crippen LogP contribution < -0.4 is 5.73 Å². The van der Waals surface area contributed by atoms with Crippen LogP contribution in [-0.4, -0.2) is 31.6 Å². The number of aryl methyl sites for hydroxylation is 1. The highest BCUT2D eigenvalue weighted by molar-refractivity contribution is 7.99. The maximum Gasteiger partial charge on any atom is 0.185 e. The third kappa shape index (κ3) is 4.21. The van der Waals surface area contributed by atoms with Gasteiger partial charge in [-0.25, -0.2) is 9.67 Å². The van der Waals surface area contributed by atoms with Gasteiger partial charge in [-0.2, -0.15) is 5.10 Å². The average Bonchev–Trinajstić information content (AvgIpc) is 2.73. The zero-order chi connectivity index (χ0) is 13.6. The lowest BCUT2D eigenvalue weighted by atomic mass is 9.86. The van der Waals surface area contributed by atoms with Crippen LogP contribution in [0.15, 0.2) is 16.6 Å². The van der Waals surface area contributed by atoms with E-state index < -0.39 is 0 Å². The van der Waals surface area contributed by atoms with E-state index >= 15 is 0 Å². The standard InChI is InChI=1S/C11H21N5OS/c1-11(2,9(12)15-17)6-4-5-7-18-10-13-8-14-16(10)3/h8,17H,4-7H2,1-3H3,(H2,12,15). The molecule has 0 atom stereocenters. The van der Waals surface area contributed by atoms with E-state index in [0.717, 1.165) is 30.2 Å². The molecule has 0 radical (unpaired) electrons. The van der Waals surface area contributed by atoms with Crippen LogP contribution in [0.5, 0.6) is 0 Å². The molecule has 0 unspecified atom stereocenters. The van der Waals surface area contributed by atoms with Crippen molar-refractivity contribution < 1.29 is 5.21 Å². The smallest absolute Gasteiger partial charge is 0.185 e. The Labute approximate surface area is 112 Å². The molecule has 7 heteroatoms. The summed E-state index contributed by atoms with van der Waals surface area (Å²) in [5.41, 5.74) is 5.39. The monoisotopic (exact) mass is 271 g/mol. The second-order valence-corrected chi connectivity index (χ2v) is 5.90. The predicted octanol–water partition coefficient (Wildman–Crippen LogP) is 1.85. The van der Waals surface area contributed by atoms with Gasteiger partial charge in [0.2, 0.25) is 0 Å². The van der Waals surface area contributed by atoms with Gasteiger partial charge < -0.3 is 10.9 Å². The third-order valence-electron chi connectivity index (χ3n) is 2.90. The first-order chi connectivity index (χ1) is 8.47. The van der Waals surface area contributed by atoms with Crippen molar-refractivity contribution in [2.24, 2.45) is 23.4 Å². The average molecular weight is 271 g/mol. The molecule has 0 aliphatic rings. The molecule has 0 saturated heterocycles. The van der Waals surface area contributed by atoms with Gasteiger partial charge >= 0.3 is 0 Å². The lowest BCUT2D eigenvalue weighted by Gasteiger charge is -2.22. The number of nitrogens with zero attached hydrogens (tertiary/aromatic N) is 4. The van der Waals surface area contributed by atoms with Gasteiger partial charge in [0.25, 0.3) is 0 Å². The minimum atomic E-state index is -0.246. The SMILES string of the molecule is Cn1ncnc1SCCCCC(C)(C)C(N)=NO. The number of thioether (sulfide) groups is 1. The number of amidine groups is 1. The van der Waals surface area contributed by atoms with E-state index in [9.17, 15) is 0 Å². The molecule has 0 amide bonds. The Bertz CT molecular complexity index is 402. The summed E-state index contributed by atoms with van der Waals surface area (Å²) < 4.78 is 1.77. The van der Waals surface area contributed by atoms with E-state index in [0.29, 0.717) is 5.84 Å². The van der Waals surface area contributed by atoms with Gasteiger partial charge in [0.05, 0.1) is 0 Å². The molecule has 0 saturated carbocycles. The Hall–Kier alpha value is -1.24. The van der Waals surface area contributed by atoms with E-state index in [1.165, 1.54) is 0 Å². The van der Waals surface area contributed by atoms with Gasteiger partial charge in [-0.05, 0) is 12.8 Å². The highest BCUT2D eigenvalue weighted by Crippen LogP contribution is 2.24. The van der Waals surface area contributed by atoms with Crippen molar-refractivity contribution in [1.82, 2.24) is 14.8 Å². The van der Waals surface area contributed by atoms with E-state index in [4.69, 9.17) is 10.9 Å². The molecule has 0 spiro atoms. The van der Waals surface area contributed by atoms with Crippen molar-refractivity contribution in [3.05, 3.63) is 6.33 Å². The number of rotatable bonds is 7. The van der Waals surface area contributed by atoms with Gasteiger partial charge in [0, 0.05) is 18.2 Å². The minimum Gasteiger partial charge on any atom is -0.409 e. The highest BCUT2D eigenvalue weighted by Gasteiger charge is 2.22. The van der Waals surface area contributed by atoms with Crippen molar-refractivity contribution in [2.45, 2.75) is 38.3 Å². The zero-order valence-electron chi connectivity index (χ0n) is 11.1. The Balaban J connectivity index is 2.22. The molecule has 0 fully saturated rings. The fourth-order valence-electron chi connectivity index (χ4n) is 1.51. The number of unbranched alkanes of at least 4 members (excludes halogenated alkanes) is 1. The largest absolute Gasteiger partial charge is 0.409 e. The van der Waals surface area contributed by atoms with Crippen molar-refractivity contribution in [1.29, 1.82) is 0 Å². The highest BCUT2D eigenvalue weighted by atomic mass is 32.2. The van der Waals surface area contributed by atoms with Crippen molar-refractivity contribution in [3.63, 3.8) is 0 Å². The summed E-state index contributed by atoms with van der Waals surface area (Å²) in [7, 11) is 1.89. The Morgan fingerprint density at radius 1 is 1.56 bits per heavy atom. The molecule has 3 N–H and O–H groups in total. The molecule has 0 aromatic carbocycles. The predicted molar refractivity (Wildman–Crippen MR) is 72.8 cm³/mol. The molecule has 1 aromatic heterocycles. The Morgan fingerprint density at radius 3 is 2.83 bits per heavy atom. The fraction of sp³-hybridized carbons (Fsp3) is 0.727. The molecular weight excluding hydrogens is 250 g/mol. The van der Waals surface area contributed by atoms with E-state index in [1.807, 2.05) is 20.9 Å². The summed E-state index contributed by atoms with van der Waals surface area (Å²) in [6.07, 6.45) is 4.57. The first-order valence-electron chi connectivity index (χ1n) is 5.92. The van der Waals surface area contributed by atoms with Crippen molar-refractivity contribution >= 4 is 17.6 Å². The molecule has 102 valence electrons. The molecule has 0 aliphatic carbocycles. The van der Waals surface area contributed by atoms with Crippen LogP contribution in [0.4, 0.5) is 0 Å².